The van der Waals surface area contributed by atoms with Crippen LogP contribution < -0.4 is 0 Å². The SMILES string of the molecule is CSC1CC2CCC(C1)N2C(=O)CCc1ccc(Cl)c(C)c1. The molecule has 2 unspecified atom stereocenters. The molecule has 120 valence electrons. The molecule has 0 radical (unpaired) electrons. The summed E-state index contributed by atoms with van der Waals surface area (Å²) >= 11 is 8.03. The van der Waals surface area contributed by atoms with Crippen LogP contribution in [0, 0.1) is 6.92 Å². The Morgan fingerprint density at radius 2 is 2.00 bits per heavy atom. The number of carbonyl (C=O) groups excluding carboxylic acids is 1. The second kappa shape index (κ2) is 6.84. The second-order valence-electron chi connectivity index (χ2n) is 6.60. The highest BCUT2D eigenvalue weighted by atomic mass is 35.5. The van der Waals surface area contributed by atoms with Crippen LogP contribution in [0.4, 0.5) is 0 Å². The van der Waals surface area contributed by atoms with E-state index < -0.39 is 0 Å². The van der Waals surface area contributed by atoms with Crippen molar-refractivity contribution in [3.63, 3.8) is 0 Å². The highest BCUT2D eigenvalue weighted by Crippen LogP contribution is 2.39. The monoisotopic (exact) mass is 337 g/mol. The number of hydrogen-bond acceptors (Lipinski definition) is 2. The van der Waals surface area contributed by atoms with Gasteiger partial charge in [0.15, 0.2) is 0 Å². The van der Waals surface area contributed by atoms with Crippen molar-refractivity contribution in [3.05, 3.63) is 34.3 Å². The third kappa shape index (κ3) is 3.30. The Labute approximate surface area is 142 Å². The molecule has 2 heterocycles. The van der Waals surface area contributed by atoms with E-state index in [0.29, 0.717) is 24.4 Å². The highest BCUT2D eigenvalue weighted by molar-refractivity contribution is 7.99. The number of piperidine rings is 1. The first-order valence-corrected chi connectivity index (χ1v) is 9.84. The summed E-state index contributed by atoms with van der Waals surface area (Å²) in [6, 6.07) is 7.07. The standard InChI is InChI=1S/C18H24ClNOS/c1-12-9-13(3-7-17(12)19)4-8-18(21)20-14-5-6-15(20)11-16(10-14)22-2/h3,7,9,14-16H,4-6,8,10-11H2,1-2H3. The molecule has 22 heavy (non-hydrogen) atoms. The molecule has 4 heteroatoms. The van der Waals surface area contributed by atoms with Gasteiger partial charge in [0.1, 0.15) is 0 Å². The van der Waals surface area contributed by atoms with Gasteiger partial charge in [-0.1, -0.05) is 23.7 Å². The average Bonchev–Trinajstić information content (AvgIpc) is 2.78. The van der Waals surface area contributed by atoms with Gasteiger partial charge in [-0.05, 0) is 62.5 Å². The van der Waals surface area contributed by atoms with E-state index in [9.17, 15) is 4.79 Å². The van der Waals surface area contributed by atoms with Gasteiger partial charge in [-0.15, -0.1) is 0 Å². The van der Waals surface area contributed by atoms with Crippen molar-refractivity contribution < 1.29 is 4.79 Å². The van der Waals surface area contributed by atoms with Crippen LogP contribution in [0.15, 0.2) is 18.2 Å². The predicted octanol–water partition coefficient (Wildman–Crippen LogP) is 4.47. The van der Waals surface area contributed by atoms with Crippen molar-refractivity contribution >= 4 is 29.3 Å². The lowest BCUT2D eigenvalue weighted by molar-refractivity contribution is -0.135. The first-order chi connectivity index (χ1) is 10.6. The molecule has 0 N–H and O–H groups in total. The molecule has 2 atom stereocenters. The topological polar surface area (TPSA) is 20.3 Å². The highest BCUT2D eigenvalue weighted by Gasteiger charge is 2.42. The summed E-state index contributed by atoms with van der Waals surface area (Å²) in [6.45, 7) is 2.01. The summed E-state index contributed by atoms with van der Waals surface area (Å²) in [5, 5.41) is 1.55. The van der Waals surface area contributed by atoms with E-state index >= 15 is 0 Å². The van der Waals surface area contributed by atoms with Crippen molar-refractivity contribution in [2.75, 3.05) is 6.26 Å². The van der Waals surface area contributed by atoms with E-state index in [0.717, 1.165) is 22.3 Å². The van der Waals surface area contributed by atoms with E-state index in [-0.39, 0.29) is 0 Å². The largest absolute Gasteiger partial charge is 0.337 e. The normalized spacial score (nSPS) is 27.2. The van der Waals surface area contributed by atoms with Crippen LogP contribution in [0.5, 0.6) is 0 Å². The summed E-state index contributed by atoms with van der Waals surface area (Å²) in [5.41, 5.74) is 2.30. The molecule has 2 bridgehead atoms. The lowest BCUT2D eigenvalue weighted by Gasteiger charge is -2.38. The molecule has 3 rings (SSSR count). The Bertz CT molecular complexity index is 548. The number of thioether (sulfide) groups is 1. The van der Waals surface area contributed by atoms with Crippen molar-refractivity contribution in [2.45, 2.75) is 62.8 Å². The van der Waals surface area contributed by atoms with E-state index in [2.05, 4.69) is 17.2 Å². The third-order valence-electron chi connectivity index (χ3n) is 5.16. The van der Waals surface area contributed by atoms with Gasteiger partial charge >= 0.3 is 0 Å². The van der Waals surface area contributed by atoms with Gasteiger partial charge in [0.25, 0.3) is 0 Å². The van der Waals surface area contributed by atoms with Crippen LogP contribution in [-0.2, 0) is 11.2 Å². The van der Waals surface area contributed by atoms with Crippen LogP contribution in [0.3, 0.4) is 0 Å². The molecule has 1 aromatic rings. The number of fused-ring (bicyclic) bond motifs is 2. The van der Waals surface area contributed by atoms with Crippen molar-refractivity contribution in [1.29, 1.82) is 0 Å². The van der Waals surface area contributed by atoms with Crippen molar-refractivity contribution in [3.8, 4) is 0 Å². The molecular formula is C18H24ClNOS. The fourth-order valence-corrected chi connectivity index (χ4v) is 4.92. The summed E-state index contributed by atoms with van der Waals surface area (Å²) in [6.07, 6.45) is 8.41. The number of amides is 1. The molecule has 0 saturated carbocycles. The molecule has 1 aromatic carbocycles. The number of rotatable bonds is 4. The Balaban J connectivity index is 1.59. The van der Waals surface area contributed by atoms with E-state index in [1.165, 1.54) is 31.2 Å². The minimum absolute atomic E-state index is 0.347. The molecule has 1 amide bonds. The van der Waals surface area contributed by atoms with Crippen LogP contribution >= 0.6 is 23.4 Å². The number of hydrogen-bond donors (Lipinski definition) is 0. The summed E-state index contributed by atoms with van der Waals surface area (Å²) in [5.74, 6) is 0.347. The summed E-state index contributed by atoms with van der Waals surface area (Å²) in [4.78, 5) is 14.9. The zero-order chi connectivity index (χ0) is 15.7. The fourth-order valence-electron chi connectivity index (χ4n) is 3.97. The maximum atomic E-state index is 12.7. The van der Waals surface area contributed by atoms with Crippen molar-refractivity contribution in [1.82, 2.24) is 4.90 Å². The molecule has 2 aliphatic rings. The van der Waals surface area contributed by atoms with Gasteiger partial charge in [0.05, 0.1) is 0 Å². The van der Waals surface area contributed by atoms with Crippen LogP contribution in [0.25, 0.3) is 0 Å². The molecular weight excluding hydrogens is 314 g/mol. The number of halogens is 1. The summed E-state index contributed by atoms with van der Waals surface area (Å²) in [7, 11) is 0. The summed E-state index contributed by atoms with van der Waals surface area (Å²) < 4.78 is 0. The number of carbonyl (C=O) groups is 1. The van der Waals surface area contributed by atoms with Crippen LogP contribution in [0.2, 0.25) is 5.02 Å². The third-order valence-corrected chi connectivity index (χ3v) is 6.64. The molecule has 0 spiro atoms. The predicted molar refractivity (Wildman–Crippen MR) is 94.7 cm³/mol. The lowest BCUT2D eigenvalue weighted by Crippen LogP contribution is -2.47. The Morgan fingerprint density at radius 3 is 2.59 bits per heavy atom. The lowest BCUT2D eigenvalue weighted by atomic mass is 10.0. The Hall–Kier alpha value is -0.670. The zero-order valence-electron chi connectivity index (χ0n) is 13.3. The van der Waals surface area contributed by atoms with Crippen molar-refractivity contribution in [2.24, 2.45) is 0 Å². The number of benzene rings is 1. The van der Waals surface area contributed by atoms with Crippen LogP contribution in [0.1, 0.15) is 43.2 Å². The minimum Gasteiger partial charge on any atom is -0.337 e. The first-order valence-electron chi connectivity index (χ1n) is 8.17. The Kier molecular flexibility index (Phi) is 5.03. The van der Waals surface area contributed by atoms with Gasteiger partial charge < -0.3 is 4.90 Å². The quantitative estimate of drug-likeness (QED) is 0.808. The van der Waals surface area contributed by atoms with Gasteiger partial charge in [-0.3, -0.25) is 4.79 Å². The maximum Gasteiger partial charge on any atom is 0.223 e. The van der Waals surface area contributed by atoms with Crippen LogP contribution in [-0.4, -0.2) is 34.4 Å². The maximum absolute atomic E-state index is 12.7. The van der Waals surface area contributed by atoms with E-state index in [1.807, 2.05) is 30.8 Å². The Morgan fingerprint density at radius 1 is 1.32 bits per heavy atom. The molecule has 2 fully saturated rings. The number of aryl methyl sites for hydroxylation is 2. The first kappa shape index (κ1) is 16.2. The molecule has 0 aliphatic carbocycles. The zero-order valence-corrected chi connectivity index (χ0v) is 14.9. The molecule has 0 aromatic heterocycles. The van der Waals surface area contributed by atoms with Gasteiger partial charge in [0.2, 0.25) is 5.91 Å². The molecule has 2 aliphatic heterocycles. The van der Waals surface area contributed by atoms with E-state index in [4.69, 9.17) is 11.6 Å². The van der Waals surface area contributed by atoms with Gasteiger partial charge in [0, 0.05) is 28.8 Å². The van der Waals surface area contributed by atoms with E-state index in [1.54, 1.807) is 0 Å². The van der Waals surface area contributed by atoms with Gasteiger partial charge in [-0.25, -0.2) is 0 Å². The second-order valence-corrected chi connectivity index (χ2v) is 8.14. The average molecular weight is 338 g/mol. The minimum atomic E-state index is 0.347. The molecule has 2 nitrogen and oxygen atoms in total. The van der Waals surface area contributed by atoms with Gasteiger partial charge in [-0.2, -0.15) is 11.8 Å². The molecule has 2 saturated heterocycles. The fraction of sp³-hybridized carbons (Fsp3) is 0.611. The number of nitrogens with zero attached hydrogens (tertiary/aromatic N) is 1. The smallest absolute Gasteiger partial charge is 0.223 e.